The number of benzene rings is 1. The third-order valence-corrected chi connectivity index (χ3v) is 4.11. The van der Waals surface area contributed by atoms with E-state index in [-0.39, 0.29) is 24.8 Å². The fourth-order valence-electron chi connectivity index (χ4n) is 2.28. The number of halogens is 2. The quantitative estimate of drug-likeness (QED) is 0.829. The number of nitrogens with zero attached hydrogens (tertiary/aromatic N) is 2. The van der Waals surface area contributed by atoms with Gasteiger partial charge in [0.25, 0.3) is 6.47 Å². The zero-order chi connectivity index (χ0) is 17.7. The van der Waals surface area contributed by atoms with E-state index >= 15 is 0 Å². The molecular formula is C15H18ClFN2O4. The van der Waals surface area contributed by atoms with Crippen LogP contribution in [-0.2, 0) is 20.9 Å². The molecule has 1 saturated heterocycles. The van der Waals surface area contributed by atoms with Crippen LogP contribution in [0.15, 0.2) is 18.2 Å². The van der Waals surface area contributed by atoms with Gasteiger partial charge in [0, 0.05) is 18.6 Å². The summed E-state index contributed by atoms with van der Waals surface area (Å²) in [5.41, 5.74) is 0.497. The van der Waals surface area contributed by atoms with Gasteiger partial charge in [-0.15, -0.1) is 0 Å². The maximum Gasteiger partial charge on any atom is 0.290 e. The first-order valence-electron chi connectivity index (χ1n) is 6.83. The van der Waals surface area contributed by atoms with E-state index < -0.39 is 17.9 Å². The lowest BCUT2D eigenvalue weighted by Gasteiger charge is -2.41. The Morgan fingerprint density at radius 2 is 1.83 bits per heavy atom. The minimum atomic E-state index is -0.581. The number of rotatable bonds is 2. The summed E-state index contributed by atoms with van der Waals surface area (Å²) in [5.74, 6) is -0.720. The monoisotopic (exact) mass is 344 g/mol. The van der Waals surface area contributed by atoms with Gasteiger partial charge in [0.1, 0.15) is 17.9 Å². The molecule has 1 fully saturated rings. The summed E-state index contributed by atoms with van der Waals surface area (Å²) in [4.78, 5) is 35.6. The minimum Gasteiger partial charge on any atom is -0.483 e. The molecule has 1 aromatic carbocycles. The van der Waals surface area contributed by atoms with Gasteiger partial charge >= 0.3 is 0 Å². The normalized spacial score (nSPS) is 20.9. The molecule has 0 spiro atoms. The molecule has 1 heterocycles. The number of carbonyl (C=O) groups is 3. The molecule has 0 aliphatic carbocycles. The van der Waals surface area contributed by atoms with Crippen LogP contribution in [0.25, 0.3) is 0 Å². The molecule has 1 N–H and O–H groups in total. The Kier molecular flexibility index (Phi) is 6.50. The molecule has 23 heavy (non-hydrogen) atoms. The zero-order valence-electron chi connectivity index (χ0n) is 13.0. The van der Waals surface area contributed by atoms with Crippen LogP contribution in [0.4, 0.5) is 4.39 Å². The maximum absolute atomic E-state index is 13.3. The highest BCUT2D eigenvalue weighted by molar-refractivity contribution is 6.31. The third kappa shape index (κ3) is 4.19. The van der Waals surface area contributed by atoms with Gasteiger partial charge in [-0.2, -0.15) is 0 Å². The van der Waals surface area contributed by atoms with E-state index in [0.29, 0.717) is 10.6 Å². The van der Waals surface area contributed by atoms with Crippen molar-refractivity contribution in [2.75, 3.05) is 7.05 Å². The predicted molar refractivity (Wildman–Crippen MR) is 82.3 cm³/mol. The number of hydrogen-bond donors (Lipinski definition) is 1. The first-order chi connectivity index (χ1) is 10.7. The number of piperazine rings is 1. The predicted octanol–water partition coefficient (Wildman–Crippen LogP) is 1.76. The molecule has 1 aliphatic rings. The van der Waals surface area contributed by atoms with Crippen LogP contribution in [0.1, 0.15) is 19.4 Å². The molecular weight excluding hydrogens is 327 g/mol. The molecule has 0 saturated carbocycles. The molecule has 126 valence electrons. The summed E-state index contributed by atoms with van der Waals surface area (Å²) in [6.07, 6.45) is 0. The molecule has 0 aromatic heterocycles. The molecule has 0 radical (unpaired) electrons. The summed E-state index contributed by atoms with van der Waals surface area (Å²) >= 11 is 6.01. The van der Waals surface area contributed by atoms with Crippen LogP contribution in [0, 0.1) is 5.82 Å². The van der Waals surface area contributed by atoms with Crippen LogP contribution in [0.2, 0.25) is 5.02 Å². The Bertz CT molecular complexity index is 611. The molecule has 2 rings (SSSR count). The average molecular weight is 345 g/mol. The van der Waals surface area contributed by atoms with Gasteiger partial charge < -0.3 is 14.9 Å². The van der Waals surface area contributed by atoms with Crippen molar-refractivity contribution in [3.63, 3.8) is 0 Å². The lowest BCUT2D eigenvalue weighted by Crippen LogP contribution is -2.61. The van der Waals surface area contributed by atoms with Crippen LogP contribution >= 0.6 is 11.6 Å². The fourth-order valence-corrected chi connectivity index (χ4v) is 2.46. The topological polar surface area (TPSA) is 77.9 Å². The van der Waals surface area contributed by atoms with E-state index in [1.54, 1.807) is 20.9 Å². The van der Waals surface area contributed by atoms with Gasteiger partial charge in [0.15, 0.2) is 0 Å². The second-order valence-corrected chi connectivity index (χ2v) is 5.52. The molecule has 1 aromatic rings. The van der Waals surface area contributed by atoms with Crippen molar-refractivity contribution in [1.82, 2.24) is 9.80 Å². The average Bonchev–Trinajstić information content (AvgIpc) is 2.51. The second kappa shape index (κ2) is 7.92. The van der Waals surface area contributed by atoms with Crippen LogP contribution < -0.4 is 0 Å². The SMILES string of the molecule is C[C@H]1C(=O)N(Cc2cc(F)ccc2Cl)[C@@H](C)C(=O)N1C.O=CO. The summed E-state index contributed by atoms with van der Waals surface area (Å²) in [7, 11) is 1.61. The van der Waals surface area contributed by atoms with E-state index in [1.165, 1.54) is 28.0 Å². The maximum atomic E-state index is 13.3. The van der Waals surface area contributed by atoms with Crippen LogP contribution in [-0.4, -0.2) is 52.3 Å². The van der Waals surface area contributed by atoms with Gasteiger partial charge in [-0.3, -0.25) is 14.4 Å². The van der Waals surface area contributed by atoms with Crippen LogP contribution in [0.5, 0.6) is 0 Å². The highest BCUT2D eigenvalue weighted by atomic mass is 35.5. The number of amides is 2. The van der Waals surface area contributed by atoms with Gasteiger partial charge in [0.05, 0.1) is 0 Å². The Balaban J connectivity index is 0.000000816. The van der Waals surface area contributed by atoms with Gasteiger partial charge in [-0.1, -0.05) is 11.6 Å². The van der Waals surface area contributed by atoms with Gasteiger partial charge in [0.2, 0.25) is 11.8 Å². The molecule has 2 amide bonds. The summed E-state index contributed by atoms with van der Waals surface area (Å²) in [6, 6.07) is 2.89. The van der Waals surface area contributed by atoms with E-state index in [9.17, 15) is 14.0 Å². The summed E-state index contributed by atoms with van der Waals surface area (Å²) < 4.78 is 13.3. The number of hydrogen-bond acceptors (Lipinski definition) is 3. The lowest BCUT2D eigenvalue weighted by molar-refractivity contribution is -0.159. The Labute approximate surface area is 138 Å². The first kappa shape index (κ1) is 18.9. The third-order valence-electron chi connectivity index (χ3n) is 3.74. The van der Waals surface area contributed by atoms with Crippen molar-refractivity contribution in [2.24, 2.45) is 0 Å². The van der Waals surface area contributed by atoms with E-state index in [4.69, 9.17) is 21.5 Å². The van der Waals surface area contributed by atoms with Crippen molar-refractivity contribution in [2.45, 2.75) is 32.5 Å². The summed E-state index contributed by atoms with van der Waals surface area (Å²) in [5, 5.41) is 7.27. The molecule has 2 atom stereocenters. The van der Waals surface area contributed by atoms with E-state index in [0.717, 1.165) is 0 Å². The second-order valence-electron chi connectivity index (χ2n) is 5.11. The first-order valence-corrected chi connectivity index (χ1v) is 7.21. The number of carbonyl (C=O) groups excluding carboxylic acids is 2. The Morgan fingerprint density at radius 1 is 1.26 bits per heavy atom. The van der Waals surface area contributed by atoms with Crippen molar-refractivity contribution in [3.8, 4) is 0 Å². The summed E-state index contributed by atoms with van der Waals surface area (Å²) in [6.45, 7) is 3.21. The minimum absolute atomic E-state index is 0.126. The van der Waals surface area contributed by atoms with E-state index in [1.807, 2.05) is 0 Å². The molecule has 0 unspecified atom stereocenters. The zero-order valence-corrected chi connectivity index (χ0v) is 13.7. The van der Waals surface area contributed by atoms with Gasteiger partial charge in [-0.25, -0.2) is 4.39 Å². The van der Waals surface area contributed by atoms with Crippen molar-refractivity contribution in [1.29, 1.82) is 0 Å². The molecule has 8 heteroatoms. The Hall–Kier alpha value is -2.15. The highest BCUT2D eigenvalue weighted by Gasteiger charge is 2.39. The smallest absolute Gasteiger partial charge is 0.290 e. The van der Waals surface area contributed by atoms with Crippen molar-refractivity contribution >= 4 is 29.9 Å². The standard InChI is InChI=1S/C14H16ClFN2O2.CH2O2/c1-8-14(20)18(9(2)13(19)17(8)3)7-10-6-11(16)4-5-12(10)15;2-1-3/h4-6,8-9H,7H2,1-3H3;1H,(H,2,3)/t8-,9-;/m0./s1. The molecule has 0 bridgehead atoms. The van der Waals surface area contributed by atoms with E-state index in [2.05, 4.69) is 0 Å². The van der Waals surface area contributed by atoms with Gasteiger partial charge in [-0.05, 0) is 37.6 Å². The Morgan fingerprint density at radius 3 is 2.39 bits per heavy atom. The lowest BCUT2D eigenvalue weighted by atomic mass is 10.1. The number of carboxylic acid groups (broad SMARTS) is 1. The van der Waals surface area contributed by atoms with Crippen LogP contribution in [0.3, 0.4) is 0 Å². The molecule has 1 aliphatic heterocycles. The largest absolute Gasteiger partial charge is 0.483 e. The highest BCUT2D eigenvalue weighted by Crippen LogP contribution is 2.23. The molecule has 6 nitrogen and oxygen atoms in total. The van der Waals surface area contributed by atoms with Crippen molar-refractivity contribution in [3.05, 3.63) is 34.6 Å². The van der Waals surface area contributed by atoms with Crippen molar-refractivity contribution < 1.29 is 23.9 Å². The fraction of sp³-hybridized carbons (Fsp3) is 0.400. The number of likely N-dealkylation sites (N-methyl/N-ethyl adjacent to an activating group) is 1.